The van der Waals surface area contributed by atoms with Gasteiger partial charge in [-0.3, -0.25) is 13.9 Å². The van der Waals surface area contributed by atoms with Crippen molar-refractivity contribution in [2.45, 2.75) is 71.5 Å². The Labute approximate surface area is 253 Å². The first-order valence-corrected chi connectivity index (χ1v) is 15.6. The highest BCUT2D eigenvalue weighted by Gasteiger charge is 2.33. The van der Waals surface area contributed by atoms with Crippen LogP contribution in [-0.2, 0) is 26.2 Å². The third kappa shape index (κ3) is 7.82. The molecule has 0 spiro atoms. The average molecular weight is 619 g/mol. The summed E-state index contributed by atoms with van der Waals surface area (Å²) in [5.74, 6) is -0.947. The normalized spacial score (nSPS) is 12.9. The van der Waals surface area contributed by atoms with Crippen molar-refractivity contribution in [1.29, 1.82) is 0 Å². The van der Waals surface area contributed by atoms with Crippen molar-refractivity contribution in [3.63, 3.8) is 0 Å². The van der Waals surface area contributed by atoms with Gasteiger partial charge in [-0.2, -0.15) is 0 Å². The second kappa shape index (κ2) is 13.7. The van der Waals surface area contributed by atoms with E-state index in [4.69, 9.17) is 23.2 Å². The lowest BCUT2D eigenvalue weighted by molar-refractivity contribution is -0.139. The predicted molar refractivity (Wildman–Crippen MR) is 166 cm³/mol. The SMILES string of the molecule is CC[C@@H](C)NC(=O)[C@@H](C)N(Cc1c(Cl)cccc1Cl)C(=O)CN(c1ccc(C)c(C)c1)S(=O)(=O)c1ccc(C)cc1. The summed E-state index contributed by atoms with van der Waals surface area (Å²) in [6.07, 6.45) is 0.706. The first kappa shape index (κ1) is 32.4. The summed E-state index contributed by atoms with van der Waals surface area (Å²) in [7, 11) is -4.15. The Balaban J connectivity index is 2.09. The Kier molecular flexibility index (Phi) is 10.9. The molecule has 0 saturated carbocycles. The lowest BCUT2D eigenvalue weighted by Crippen LogP contribution is -2.52. The van der Waals surface area contributed by atoms with Gasteiger partial charge < -0.3 is 10.2 Å². The number of rotatable bonds is 11. The van der Waals surface area contributed by atoms with Gasteiger partial charge in [-0.1, -0.05) is 60.0 Å². The fourth-order valence-corrected chi connectivity index (χ4v) is 6.07. The number of aryl methyl sites for hydroxylation is 3. The van der Waals surface area contributed by atoms with Crippen LogP contribution >= 0.6 is 23.2 Å². The van der Waals surface area contributed by atoms with Gasteiger partial charge in [0.25, 0.3) is 10.0 Å². The Bertz CT molecular complexity index is 1490. The topological polar surface area (TPSA) is 86.8 Å². The molecule has 0 aliphatic rings. The van der Waals surface area contributed by atoms with Crippen LogP contribution in [0, 0.1) is 20.8 Å². The molecule has 0 unspecified atom stereocenters. The molecule has 0 aliphatic heterocycles. The number of hydrogen-bond donors (Lipinski definition) is 1. The van der Waals surface area contributed by atoms with Crippen LogP contribution in [-0.4, -0.2) is 43.8 Å². The van der Waals surface area contributed by atoms with E-state index in [1.165, 1.54) is 17.0 Å². The molecule has 0 aliphatic carbocycles. The number of benzene rings is 3. The molecule has 3 rings (SSSR count). The van der Waals surface area contributed by atoms with E-state index in [-0.39, 0.29) is 23.4 Å². The number of carbonyl (C=O) groups is 2. The van der Waals surface area contributed by atoms with Gasteiger partial charge in [0.2, 0.25) is 11.8 Å². The summed E-state index contributed by atoms with van der Waals surface area (Å²) >= 11 is 12.9. The van der Waals surface area contributed by atoms with Gasteiger partial charge in [-0.05, 0) is 88.6 Å². The molecule has 0 aromatic heterocycles. The Morgan fingerprint density at radius 2 is 1.51 bits per heavy atom. The maximum atomic E-state index is 14.1. The molecule has 0 bridgehead atoms. The highest BCUT2D eigenvalue weighted by atomic mass is 35.5. The van der Waals surface area contributed by atoms with Gasteiger partial charge in [0.05, 0.1) is 10.6 Å². The van der Waals surface area contributed by atoms with Crippen LogP contribution in [0.2, 0.25) is 10.0 Å². The maximum Gasteiger partial charge on any atom is 0.264 e. The minimum absolute atomic E-state index is 0.0531. The highest BCUT2D eigenvalue weighted by molar-refractivity contribution is 7.92. The summed E-state index contributed by atoms with van der Waals surface area (Å²) < 4.78 is 29.1. The molecule has 3 aromatic carbocycles. The highest BCUT2D eigenvalue weighted by Crippen LogP contribution is 2.29. The Morgan fingerprint density at radius 1 is 0.902 bits per heavy atom. The van der Waals surface area contributed by atoms with Crippen LogP contribution in [0.4, 0.5) is 5.69 Å². The molecule has 2 atom stereocenters. The van der Waals surface area contributed by atoms with Gasteiger partial charge in [0, 0.05) is 28.2 Å². The summed E-state index contributed by atoms with van der Waals surface area (Å²) in [5, 5.41) is 3.58. The smallest absolute Gasteiger partial charge is 0.264 e. The zero-order chi connectivity index (χ0) is 30.5. The molecule has 220 valence electrons. The first-order chi connectivity index (χ1) is 19.3. The van der Waals surface area contributed by atoms with E-state index in [0.717, 1.165) is 21.0 Å². The van der Waals surface area contributed by atoms with Crippen LogP contribution in [0.25, 0.3) is 0 Å². The second-order valence-corrected chi connectivity index (χ2v) is 13.0. The molecule has 0 fully saturated rings. The van der Waals surface area contributed by atoms with Gasteiger partial charge in [-0.15, -0.1) is 0 Å². The maximum absolute atomic E-state index is 14.1. The third-order valence-corrected chi connectivity index (χ3v) is 9.72. The van der Waals surface area contributed by atoms with Crippen molar-refractivity contribution in [1.82, 2.24) is 10.2 Å². The summed E-state index contributed by atoms with van der Waals surface area (Å²) in [6.45, 7) is 10.5. The van der Waals surface area contributed by atoms with E-state index in [1.807, 2.05) is 40.7 Å². The predicted octanol–water partition coefficient (Wildman–Crippen LogP) is 6.45. The molecular weight excluding hydrogens is 581 g/mol. The lowest BCUT2D eigenvalue weighted by Gasteiger charge is -2.33. The van der Waals surface area contributed by atoms with Gasteiger partial charge in [0.1, 0.15) is 12.6 Å². The van der Waals surface area contributed by atoms with E-state index in [9.17, 15) is 18.0 Å². The molecule has 41 heavy (non-hydrogen) atoms. The summed E-state index contributed by atoms with van der Waals surface area (Å²) in [6, 6.07) is 15.6. The number of nitrogens with one attached hydrogen (secondary N) is 1. The van der Waals surface area contributed by atoms with Crippen LogP contribution in [0.1, 0.15) is 49.4 Å². The largest absolute Gasteiger partial charge is 0.352 e. The van der Waals surface area contributed by atoms with Crippen molar-refractivity contribution in [2.75, 3.05) is 10.8 Å². The zero-order valence-electron chi connectivity index (χ0n) is 24.2. The number of nitrogens with zero attached hydrogens (tertiary/aromatic N) is 2. The number of anilines is 1. The van der Waals surface area contributed by atoms with Gasteiger partial charge >= 0.3 is 0 Å². The Hall–Kier alpha value is -3.07. The standard InChI is InChI=1S/C31H37Cl2N3O4S/c1-7-23(5)34-31(38)24(6)35(18-27-28(32)9-8-10-29(27)33)30(37)19-36(25-14-13-21(3)22(4)17-25)41(39,40)26-15-11-20(2)12-16-26/h8-17,23-24H,7,18-19H2,1-6H3,(H,34,38)/t23-,24-/m1/s1. The van der Waals surface area contributed by atoms with E-state index in [2.05, 4.69) is 5.32 Å². The average Bonchev–Trinajstić information content (AvgIpc) is 2.92. The van der Waals surface area contributed by atoms with Gasteiger partial charge in [-0.25, -0.2) is 8.42 Å². The van der Waals surface area contributed by atoms with E-state index in [0.29, 0.717) is 27.7 Å². The number of carbonyl (C=O) groups excluding carboxylic acids is 2. The first-order valence-electron chi connectivity index (χ1n) is 13.5. The van der Waals surface area contributed by atoms with Gasteiger partial charge in [0.15, 0.2) is 0 Å². The van der Waals surface area contributed by atoms with Crippen LogP contribution in [0.5, 0.6) is 0 Å². The van der Waals surface area contributed by atoms with E-state index in [1.54, 1.807) is 49.4 Å². The molecule has 2 amide bonds. The van der Waals surface area contributed by atoms with E-state index < -0.39 is 28.5 Å². The molecule has 0 saturated heterocycles. The minimum Gasteiger partial charge on any atom is -0.352 e. The van der Waals surface area contributed by atoms with Crippen molar-refractivity contribution in [3.8, 4) is 0 Å². The molecule has 10 heteroatoms. The number of sulfonamides is 1. The lowest BCUT2D eigenvalue weighted by atomic mass is 10.1. The van der Waals surface area contributed by atoms with Crippen molar-refractivity contribution < 1.29 is 18.0 Å². The molecule has 0 radical (unpaired) electrons. The minimum atomic E-state index is -4.15. The zero-order valence-corrected chi connectivity index (χ0v) is 26.6. The quantitative estimate of drug-likeness (QED) is 0.268. The second-order valence-electron chi connectivity index (χ2n) is 10.3. The van der Waals surface area contributed by atoms with Crippen molar-refractivity contribution >= 4 is 50.7 Å². The van der Waals surface area contributed by atoms with Crippen LogP contribution in [0.3, 0.4) is 0 Å². The van der Waals surface area contributed by atoms with Crippen molar-refractivity contribution in [2.24, 2.45) is 0 Å². The molecule has 0 heterocycles. The Morgan fingerprint density at radius 3 is 2.07 bits per heavy atom. The summed E-state index contributed by atoms with van der Waals surface area (Å²) in [4.78, 5) is 28.7. The van der Waals surface area contributed by atoms with Crippen LogP contribution in [0.15, 0.2) is 65.6 Å². The number of amides is 2. The number of halogens is 2. The summed E-state index contributed by atoms with van der Waals surface area (Å²) in [5.41, 5.74) is 3.57. The molecule has 3 aromatic rings. The monoisotopic (exact) mass is 617 g/mol. The number of hydrogen-bond acceptors (Lipinski definition) is 4. The van der Waals surface area contributed by atoms with E-state index >= 15 is 0 Å². The van der Waals surface area contributed by atoms with Crippen molar-refractivity contribution in [3.05, 3.63) is 93.0 Å². The fourth-order valence-electron chi connectivity index (χ4n) is 4.15. The van der Waals surface area contributed by atoms with Crippen LogP contribution < -0.4 is 9.62 Å². The molecule has 7 nitrogen and oxygen atoms in total. The molecule has 1 N–H and O–H groups in total. The molecular formula is C31H37Cl2N3O4S. The fraction of sp³-hybridized carbons (Fsp3) is 0.355. The third-order valence-electron chi connectivity index (χ3n) is 7.22.